The van der Waals surface area contributed by atoms with E-state index in [9.17, 15) is 9.59 Å². The van der Waals surface area contributed by atoms with Crippen LogP contribution in [0.15, 0.2) is 22.7 Å². The fourth-order valence-electron chi connectivity index (χ4n) is 1.93. The van der Waals surface area contributed by atoms with Crippen molar-refractivity contribution in [1.29, 1.82) is 0 Å². The Balaban J connectivity index is 2.38. The van der Waals surface area contributed by atoms with Gasteiger partial charge in [-0.15, -0.1) is 0 Å². The van der Waals surface area contributed by atoms with Gasteiger partial charge in [0.2, 0.25) is 0 Å². The Hall–Kier alpha value is -1.20. The number of nitrogens with two attached hydrogens (primary N) is 1. The minimum atomic E-state index is -0.278. The number of amides is 2. The second kappa shape index (κ2) is 4.48. The number of rotatable bonds is 3. The molecule has 0 atom stereocenters. The Labute approximate surface area is 114 Å². The second-order valence-corrected chi connectivity index (χ2v) is 6.08. The monoisotopic (exact) mass is 310 g/mol. The van der Waals surface area contributed by atoms with Crippen molar-refractivity contribution in [3.8, 4) is 0 Å². The molecule has 1 aromatic carbocycles. The minimum Gasteiger partial charge on any atom is -0.330 e. The van der Waals surface area contributed by atoms with Crippen LogP contribution in [0.4, 0.5) is 0 Å². The molecule has 4 nitrogen and oxygen atoms in total. The van der Waals surface area contributed by atoms with Crippen molar-refractivity contribution in [2.24, 2.45) is 11.1 Å². The van der Waals surface area contributed by atoms with E-state index in [-0.39, 0.29) is 17.2 Å². The normalized spacial score (nSPS) is 15.2. The number of halogens is 1. The molecule has 0 saturated heterocycles. The largest absolute Gasteiger partial charge is 0.330 e. The van der Waals surface area contributed by atoms with Crippen molar-refractivity contribution in [2.75, 3.05) is 13.1 Å². The third kappa shape index (κ3) is 2.08. The summed E-state index contributed by atoms with van der Waals surface area (Å²) in [5.41, 5.74) is 6.29. The lowest BCUT2D eigenvalue weighted by molar-refractivity contribution is 0.0595. The van der Waals surface area contributed by atoms with Gasteiger partial charge in [0, 0.05) is 11.0 Å². The summed E-state index contributed by atoms with van der Waals surface area (Å²) in [6.45, 7) is 4.63. The smallest absolute Gasteiger partial charge is 0.262 e. The average molecular weight is 311 g/mol. The summed E-state index contributed by atoms with van der Waals surface area (Å²) < 4.78 is 0.659. The molecule has 0 fully saturated rings. The highest BCUT2D eigenvalue weighted by atomic mass is 79.9. The van der Waals surface area contributed by atoms with E-state index in [0.29, 0.717) is 28.7 Å². The molecular weight excluding hydrogens is 296 g/mol. The van der Waals surface area contributed by atoms with Crippen LogP contribution in [0.5, 0.6) is 0 Å². The summed E-state index contributed by atoms with van der Waals surface area (Å²) in [6.07, 6.45) is 0. The number of carbonyl (C=O) groups is 2. The van der Waals surface area contributed by atoms with Crippen molar-refractivity contribution in [3.63, 3.8) is 0 Å². The molecule has 2 N–H and O–H groups in total. The molecule has 0 aromatic heterocycles. The predicted octanol–water partition coefficient (Wildman–Crippen LogP) is 2.03. The third-order valence-corrected chi connectivity index (χ3v) is 3.75. The molecule has 1 heterocycles. The average Bonchev–Trinajstić information content (AvgIpc) is 2.55. The van der Waals surface area contributed by atoms with Gasteiger partial charge in [-0.2, -0.15) is 0 Å². The first kappa shape index (κ1) is 13.2. The molecule has 2 rings (SSSR count). The summed E-state index contributed by atoms with van der Waals surface area (Å²) in [5, 5.41) is 0. The second-order valence-electron chi connectivity index (χ2n) is 5.23. The summed E-state index contributed by atoms with van der Waals surface area (Å²) in [5.74, 6) is -0.484. The standard InChI is InChI=1S/C13H15BrN2O2/c1-13(2,6-15)7-16-11(17)8-4-3-5-9(14)10(8)12(16)18/h3-5H,6-7,15H2,1-2H3. The van der Waals surface area contributed by atoms with Gasteiger partial charge >= 0.3 is 0 Å². The highest BCUT2D eigenvalue weighted by Gasteiger charge is 2.39. The highest BCUT2D eigenvalue weighted by Crippen LogP contribution is 2.31. The molecule has 0 unspecified atom stereocenters. The quantitative estimate of drug-likeness (QED) is 0.869. The molecule has 1 aromatic rings. The maximum atomic E-state index is 12.3. The van der Waals surface area contributed by atoms with E-state index in [1.54, 1.807) is 18.2 Å². The van der Waals surface area contributed by atoms with Gasteiger partial charge in [0.15, 0.2) is 0 Å². The van der Waals surface area contributed by atoms with Crippen molar-refractivity contribution >= 4 is 27.7 Å². The zero-order valence-electron chi connectivity index (χ0n) is 10.4. The molecule has 0 bridgehead atoms. The van der Waals surface area contributed by atoms with Crippen LogP contribution in [-0.2, 0) is 0 Å². The summed E-state index contributed by atoms with van der Waals surface area (Å²) in [6, 6.07) is 5.20. The van der Waals surface area contributed by atoms with Crippen LogP contribution >= 0.6 is 15.9 Å². The van der Waals surface area contributed by atoms with Crippen molar-refractivity contribution < 1.29 is 9.59 Å². The van der Waals surface area contributed by atoms with Gasteiger partial charge in [-0.1, -0.05) is 19.9 Å². The van der Waals surface area contributed by atoms with E-state index in [1.807, 2.05) is 13.8 Å². The highest BCUT2D eigenvalue weighted by molar-refractivity contribution is 9.10. The Morgan fingerprint density at radius 3 is 2.50 bits per heavy atom. The lowest BCUT2D eigenvalue weighted by atomic mass is 9.93. The van der Waals surface area contributed by atoms with Crippen LogP contribution in [0.25, 0.3) is 0 Å². The van der Waals surface area contributed by atoms with Crippen molar-refractivity contribution in [3.05, 3.63) is 33.8 Å². The van der Waals surface area contributed by atoms with Gasteiger partial charge in [0.1, 0.15) is 0 Å². The fraction of sp³-hybridized carbons (Fsp3) is 0.385. The summed E-state index contributed by atoms with van der Waals surface area (Å²) in [4.78, 5) is 25.7. The first-order valence-corrected chi connectivity index (χ1v) is 6.51. The van der Waals surface area contributed by atoms with Crippen LogP contribution < -0.4 is 5.73 Å². The zero-order chi connectivity index (χ0) is 13.5. The number of hydrogen-bond donors (Lipinski definition) is 1. The number of fused-ring (bicyclic) bond motifs is 1. The van der Waals surface area contributed by atoms with Crippen LogP contribution in [0.2, 0.25) is 0 Å². The van der Waals surface area contributed by atoms with Gasteiger partial charge in [-0.25, -0.2) is 0 Å². The maximum Gasteiger partial charge on any atom is 0.262 e. The summed E-state index contributed by atoms with van der Waals surface area (Å²) >= 11 is 3.31. The molecule has 1 aliphatic heterocycles. The van der Waals surface area contributed by atoms with Gasteiger partial charge in [0.25, 0.3) is 11.8 Å². The summed E-state index contributed by atoms with van der Waals surface area (Å²) in [7, 11) is 0. The molecule has 0 spiro atoms. The minimum absolute atomic E-state index is 0.238. The number of carbonyl (C=O) groups excluding carboxylic acids is 2. The number of hydrogen-bond acceptors (Lipinski definition) is 3. The lowest BCUT2D eigenvalue weighted by Crippen LogP contribution is -2.41. The number of benzene rings is 1. The van der Waals surface area contributed by atoms with Gasteiger partial charge in [0.05, 0.1) is 11.1 Å². The predicted molar refractivity (Wildman–Crippen MR) is 72.3 cm³/mol. The number of imide groups is 1. The molecule has 96 valence electrons. The Bertz CT molecular complexity index is 526. The third-order valence-electron chi connectivity index (χ3n) is 3.09. The zero-order valence-corrected chi connectivity index (χ0v) is 12.0. The van der Waals surface area contributed by atoms with Crippen LogP contribution in [0.1, 0.15) is 34.6 Å². The van der Waals surface area contributed by atoms with Crippen molar-refractivity contribution in [1.82, 2.24) is 4.90 Å². The van der Waals surface area contributed by atoms with Gasteiger partial charge < -0.3 is 5.73 Å². The van der Waals surface area contributed by atoms with E-state index in [4.69, 9.17) is 5.73 Å². The van der Waals surface area contributed by atoms with Gasteiger partial charge in [-0.05, 0) is 40.0 Å². The SMILES string of the molecule is CC(C)(CN)CN1C(=O)c2cccc(Br)c2C1=O. The number of nitrogens with zero attached hydrogens (tertiary/aromatic N) is 1. The molecule has 5 heteroatoms. The molecule has 0 saturated carbocycles. The van der Waals surface area contributed by atoms with E-state index >= 15 is 0 Å². The van der Waals surface area contributed by atoms with Gasteiger partial charge in [-0.3, -0.25) is 14.5 Å². The molecule has 0 aliphatic carbocycles. The van der Waals surface area contributed by atoms with E-state index in [2.05, 4.69) is 15.9 Å². The van der Waals surface area contributed by atoms with Crippen LogP contribution in [0.3, 0.4) is 0 Å². The first-order chi connectivity index (χ1) is 8.37. The van der Waals surface area contributed by atoms with E-state index < -0.39 is 0 Å². The topological polar surface area (TPSA) is 63.4 Å². The van der Waals surface area contributed by atoms with Crippen LogP contribution in [-0.4, -0.2) is 29.8 Å². The Morgan fingerprint density at radius 2 is 1.94 bits per heavy atom. The lowest BCUT2D eigenvalue weighted by Gasteiger charge is -2.27. The molecule has 2 amide bonds. The van der Waals surface area contributed by atoms with Crippen LogP contribution in [0, 0.1) is 5.41 Å². The Morgan fingerprint density at radius 1 is 1.28 bits per heavy atom. The maximum absolute atomic E-state index is 12.3. The first-order valence-electron chi connectivity index (χ1n) is 5.72. The Kier molecular flexibility index (Phi) is 3.29. The van der Waals surface area contributed by atoms with E-state index in [0.717, 1.165) is 0 Å². The van der Waals surface area contributed by atoms with E-state index in [1.165, 1.54) is 4.90 Å². The molecule has 18 heavy (non-hydrogen) atoms. The molecule has 0 radical (unpaired) electrons. The molecular formula is C13H15BrN2O2. The van der Waals surface area contributed by atoms with Crippen molar-refractivity contribution in [2.45, 2.75) is 13.8 Å². The fourth-order valence-corrected chi connectivity index (χ4v) is 2.46. The molecule has 1 aliphatic rings.